The SMILES string of the molecule is COc1cccc(N2CCN(CCCC3SC(=O)N=C3C)CC2)c1.Cl. The van der Waals surface area contributed by atoms with Crippen molar-refractivity contribution in [1.29, 1.82) is 0 Å². The van der Waals surface area contributed by atoms with Crippen molar-refractivity contribution in [2.45, 2.75) is 25.0 Å². The number of anilines is 1. The number of hydrogen-bond donors (Lipinski definition) is 0. The van der Waals surface area contributed by atoms with Crippen LogP contribution in [0.2, 0.25) is 0 Å². The van der Waals surface area contributed by atoms with Gasteiger partial charge in [0.05, 0.1) is 12.4 Å². The van der Waals surface area contributed by atoms with Gasteiger partial charge in [0.15, 0.2) is 0 Å². The number of carbonyl (C=O) groups is 1. The highest BCUT2D eigenvalue weighted by atomic mass is 35.5. The summed E-state index contributed by atoms with van der Waals surface area (Å²) in [5, 5.41) is 0.278. The van der Waals surface area contributed by atoms with Gasteiger partial charge < -0.3 is 9.64 Å². The lowest BCUT2D eigenvalue weighted by atomic mass is 10.1. The van der Waals surface area contributed by atoms with E-state index in [4.69, 9.17) is 4.74 Å². The first-order valence-electron chi connectivity index (χ1n) is 8.53. The molecule has 2 aliphatic rings. The second-order valence-corrected chi connectivity index (χ2v) is 7.45. The smallest absolute Gasteiger partial charge is 0.305 e. The monoisotopic (exact) mass is 383 g/mol. The Balaban J connectivity index is 0.00000225. The molecule has 0 bridgehead atoms. The molecule has 2 heterocycles. The molecular weight excluding hydrogens is 358 g/mol. The molecule has 1 unspecified atom stereocenters. The molecule has 0 spiro atoms. The highest BCUT2D eigenvalue weighted by Gasteiger charge is 2.24. The van der Waals surface area contributed by atoms with E-state index in [0.717, 1.165) is 57.0 Å². The van der Waals surface area contributed by atoms with Gasteiger partial charge in [0, 0.05) is 43.6 Å². The predicted octanol–water partition coefficient (Wildman–Crippen LogP) is 3.72. The van der Waals surface area contributed by atoms with Crippen molar-refractivity contribution >= 4 is 40.8 Å². The van der Waals surface area contributed by atoms with Gasteiger partial charge >= 0.3 is 5.24 Å². The zero-order chi connectivity index (χ0) is 16.9. The van der Waals surface area contributed by atoms with Crippen LogP contribution in [-0.2, 0) is 0 Å². The van der Waals surface area contributed by atoms with Crippen LogP contribution in [0.4, 0.5) is 10.5 Å². The number of ether oxygens (including phenoxy) is 1. The van der Waals surface area contributed by atoms with Crippen molar-refractivity contribution in [2.24, 2.45) is 4.99 Å². The van der Waals surface area contributed by atoms with Gasteiger partial charge in [-0.15, -0.1) is 12.4 Å². The summed E-state index contributed by atoms with van der Waals surface area (Å²) in [5.41, 5.74) is 2.23. The summed E-state index contributed by atoms with van der Waals surface area (Å²) >= 11 is 1.38. The Morgan fingerprint density at radius 3 is 2.68 bits per heavy atom. The first-order valence-corrected chi connectivity index (χ1v) is 9.41. The Kier molecular flexibility index (Phi) is 7.59. The fourth-order valence-corrected chi connectivity index (χ4v) is 4.20. The van der Waals surface area contributed by atoms with E-state index in [1.54, 1.807) is 7.11 Å². The molecule has 0 aliphatic carbocycles. The number of aliphatic imine (C=N–C) groups is 1. The van der Waals surface area contributed by atoms with E-state index in [2.05, 4.69) is 26.9 Å². The molecule has 1 aromatic rings. The van der Waals surface area contributed by atoms with Crippen LogP contribution in [0, 0.1) is 0 Å². The van der Waals surface area contributed by atoms with Crippen LogP contribution >= 0.6 is 24.2 Å². The van der Waals surface area contributed by atoms with Crippen molar-refractivity contribution in [3.05, 3.63) is 24.3 Å². The number of hydrogen-bond acceptors (Lipinski definition) is 5. The molecule has 25 heavy (non-hydrogen) atoms. The number of rotatable bonds is 6. The summed E-state index contributed by atoms with van der Waals surface area (Å²) in [6.07, 6.45) is 2.17. The average molecular weight is 384 g/mol. The molecule has 1 aromatic carbocycles. The molecule has 0 saturated carbocycles. The Labute approximate surface area is 160 Å². The van der Waals surface area contributed by atoms with Crippen molar-refractivity contribution in [2.75, 3.05) is 44.7 Å². The molecule has 1 amide bonds. The van der Waals surface area contributed by atoms with Gasteiger partial charge in [-0.1, -0.05) is 17.8 Å². The van der Waals surface area contributed by atoms with Crippen molar-refractivity contribution in [3.63, 3.8) is 0 Å². The minimum absolute atomic E-state index is 0. The van der Waals surface area contributed by atoms with E-state index >= 15 is 0 Å². The summed E-state index contributed by atoms with van der Waals surface area (Å²) < 4.78 is 5.31. The van der Waals surface area contributed by atoms with Gasteiger partial charge in [0.1, 0.15) is 5.75 Å². The number of halogens is 1. The average Bonchev–Trinajstić information content (AvgIpc) is 2.93. The minimum atomic E-state index is -0.0237. The Morgan fingerprint density at radius 2 is 2.04 bits per heavy atom. The summed E-state index contributed by atoms with van der Waals surface area (Å²) in [6.45, 7) is 7.33. The third kappa shape index (κ3) is 5.36. The summed E-state index contributed by atoms with van der Waals surface area (Å²) in [7, 11) is 1.71. The van der Waals surface area contributed by atoms with E-state index in [1.165, 1.54) is 17.4 Å². The molecule has 138 valence electrons. The summed E-state index contributed by atoms with van der Waals surface area (Å²) in [4.78, 5) is 20.2. The standard InChI is InChI=1S/C18H25N3O2S.ClH/c1-14-17(24-18(22)19-14)7-4-8-20-9-11-21(12-10-20)15-5-3-6-16(13-15)23-2;/h3,5-6,13,17H,4,7-12H2,1-2H3;1H. The second kappa shape index (κ2) is 9.46. The van der Waals surface area contributed by atoms with E-state index in [1.807, 2.05) is 19.1 Å². The normalized spacial score (nSPS) is 21.0. The summed E-state index contributed by atoms with van der Waals surface area (Å²) in [6, 6.07) is 8.28. The van der Waals surface area contributed by atoms with Crippen molar-refractivity contribution in [1.82, 2.24) is 4.90 Å². The number of benzene rings is 1. The van der Waals surface area contributed by atoms with E-state index in [-0.39, 0.29) is 17.6 Å². The molecule has 1 saturated heterocycles. The van der Waals surface area contributed by atoms with E-state index in [9.17, 15) is 4.79 Å². The quantitative estimate of drug-likeness (QED) is 0.749. The molecule has 2 aliphatic heterocycles. The molecule has 1 fully saturated rings. The Bertz CT molecular complexity index is 618. The highest BCUT2D eigenvalue weighted by Crippen LogP contribution is 2.27. The first-order chi connectivity index (χ1) is 11.7. The third-order valence-corrected chi connectivity index (χ3v) is 5.86. The van der Waals surface area contributed by atoms with Crippen LogP contribution in [0.1, 0.15) is 19.8 Å². The van der Waals surface area contributed by atoms with Crippen LogP contribution in [0.15, 0.2) is 29.3 Å². The van der Waals surface area contributed by atoms with Crippen LogP contribution in [-0.4, -0.2) is 60.9 Å². The number of carbonyl (C=O) groups excluding carboxylic acids is 1. The van der Waals surface area contributed by atoms with E-state index < -0.39 is 0 Å². The van der Waals surface area contributed by atoms with Crippen molar-refractivity contribution in [3.8, 4) is 5.75 Å². The molecule has 0 radical (unpaired) electrons. The molecule has 0 N–H and O–H groups in total. The van der Waals surface area contributed by atoms with Gasteiger partial charge in [0.25, 0.3) is 0 Å². The van der Waals surface area contributed by atoms with Crippen LogP contribution in [0.3, 0.4) is 0 Å². The van der Waals surface area contributed by atoms with E-state index in [0.29, 0.717) is 5.25 Å². The number of thioether (sulfide) groups is 1. The molecular formula is C18H26ClN3O2S. The zero-order valence-electron chi connectivity index (χ0n) is 14.8. The fourth-order valence-electron chi connectivity index (χ4n) is 3.25. The largest absolute Gasteiger partial charge is 0.497 e. The van der Waals surface area contributed by atoms with Crippen molar-refractivity contribution < 1.29 is 9.53 Å². The van der Waals surface area contributed by atoms with Gasteiger partial charge in [-0.25, -0.2) is 4.99 Å². The predicted molar refractivity (Wildman–Crippen MR) is 108 cm³/mol. The van der Waals surface area contributed by atoms with Crippen LogP contribution < -0.4 is 9.64 Å². The maximum Gasteiger partial charge on any atom is 0.305 e. The van der Waals surface area contributed by atoms with Gasteiger partial charge in [0.2, 0.25) is 0 Å². The molecule has 3 rings (SSSR count). The van der Waals surface area contributed by atoms with Gasteiger partial charge in [-0.2, -0.15) is 0 Å². The third-order valence-electron chi connectivity index (χ3n) is 4.71. The topological polar surface area (TPSA) is 45.1 Å². The number of nitrogens with zero attached hydrogens (tertiary/aromatic N) is 3. The maximum absolute atomic E-state index is 11.3. The Morgan fingerprint density at radius 1 is 1.28 bits per heavy atom. The van der Waals surface area contributed by atoms with Crippen LogP contribution in [0.5, 0.6) is 5.75 Å². The lowest BCUT2D eigenvalue weighted by molar-refractivity contribution is 0.253. The molecule has 0 aromatic heterocycles. The molecule has 7 heteroatoms. The second-order valence-electron chi connectivity index (χ2n) is 6.30. The first kappa shape index (κ1) is 20.1. The lowest BCUT2D eigenvalue weighted by Crippen LogP contribution is -2.46. The number of amides is 1. The lowest BCUT2D eigenvalue weighted by Gasteiger charge is -2.36. The van der Waals surface area contributed by atoms with Crippen LogP contribution in [0.25, 0.3) is 0 Å². The number of methoxy groups -OCH3 is 1. The highest BCUT2D eigenvalue weighted by molar-refractivity contribution is 8.15. The van der Waals surface area contributed by atoms with Gasteiger partial charge in [-0.3, -0.25) is 9.69 Å². The minimum Gasteiger partial charge on any atom is -0.497 e. The molecule has 1 atom stereocenters. The van der Waals surface area contributed by atoms with Gasteiger partial charge in [-0.05, 0) is 38.4 Å². The summed E-state index contributed by atoms with van der Waals surface area (Å²) in [5.74, 6) is 0.913. The molecule has 5 nitrogen and oxygen atoms in total. The zero-order valence-corrected chi connectivity index (χ0v) is 16.4. The number of piperazine rings is 1. The fraction of sp³-hybridized carbons (Fsp3) is 0.556. The maximum atomic E-state index is 11.3. The Hall–Kier alpha value is -1.24.